The Morgan fingerprint density at radius 2 is 1.75 bits per heavy atom. The highest BCUT2D eigenvalue weighted by Gasteiger charge is 2.34. The average Bonchev–Trinajstić information content (AvgIpc) is 3.32. The molecule has 1 aliphatic heterocycles. The average molecular weight is 550 g/mol. The Kier molecular flexibility index (Phi) is 7.51. The van der Waals surface area contributed by atoms with E-state index in [0.29, 0.717) is 18.0 Å². The number of ether oxygens (including phenoxy) is 1. The molecule has 4 rings (SSSR count). The van der Waals surface area contributed by atoms with E-state index in [-0.39, 0.29) is 34.7 Å². The zero-order valence-electron chi connectivity index (χ0n) is 20.1. The van der Waals surface area contributed by atoms with E-state index in [1.165, 1.54) is 39.9 Å². The molecular formula is C24H27N3O6S3. The van der Waals surface area contributed by atoms with Crippen LogP contribution in [-0.4, -0.2) is 58.5 Å². The quantitative estimate of drug-likeness (QED) is 0.478. The van der Waals surface area contributed by atoms with E-state index in [0.717, 1.165) is 28.8 Å². The molecule has 1 amide bonds. The normalized spacial score (nSPS) is 15.5. The summed E-state index contributed by atoms with van der Waals surface area (Å²) in [6.45, 7) is 2.18. The van der Waals surface area contributed by atoms with Crippen LogP contribution in [0.2, 0.25) is 0 Å². The van der Waals surface area contributed by atoms with Crippen LogP contribution < -0.4 is 10.1 Å². The van der Waals surface area contributed by atoms with E-state index in [2.05, 4.69) is 10.3 Å². The number of carbonyl (C=O) groups is 1. The lowest BCUT2D eigenvalue weighted by Crippen LogP contribution is -2.41. The summed E-state index contributed by atoms with van der Waals surface area (Å²) in [5, 5.41) is 5.19. The monoisotopic (exact) mass is 549 g/mol. The van der Waals surface area contributed by atoms with Crippen molar-refractivity contribution in [2.45, 2.75) is 29.6 Å². The summed E-state index contributed by atoms with van der Waals surface area (Å²) in [6, 6.07) is 11.3. The first-order valence-corrected chi connectivity index (χ1v) is 15.4. The molecule has 192 valence electrons. The minimum atomic E-state index is -4.02. The molecule has 2 heterocycles. The van der Waals surface area contributed by atoms with Gasteiger partial charge in [0, 0.05) is 36.2 Å². The lowest BCUT2D eigenvalue weighted by Gasteiger charge is -2.30. The van der Waals surface area contributed by atoms with Crippen LogP contribution in [0.1, 0.15) is 18.4 Å². The Morgan fingerprint density at radius 1 is 1.08 bits per heavy atom. The van der Waals surface area contributed by atoms with E-state index >= 15 is 0 Å². The lowest BCUT2D eigenvalue weighted by atomic mass is 9.97. The Labute approximate surface area is 215 Å². The predicted octanol–water partition coefficient (Wildman–Crippen LogP) is 3.57. The van der Waals surface area contributed by atoms with Gasteiger partial charge in [-0.2, -0.15) is 4.31 Å². The van der Waals surface area contributed by atoms with Crippen LogP contribution in [-0.2, 0) is 24.7 Å². The number of piperidine rings is 1. The van der Waals surface area contributed by atoms with Crippen LogP contribution in [0.3, 0.4) is 0 Å². The van der Waals surface area contributed by atoms with E-state index in [9.17, 15) is 21.6 Å². The van der Waals surface area contributed by atoms with Gasteiger partial charge < -0.3 is 10.1 Å². The number of thiazole rings is 1. The number of amides is 1. The van der Waals surface area contributed by atoms with Crippen molar-refractivity contribution in [3.05, 3.63) is 53.4 Å². The molecule has 1 N–H and O–H groups in total. The van der Waals surface area contributed by atoms with Gasteiger partial charge in [0.1, 0.15) is 10.6 Å². The minimum Gasteiger partial charge on any atom is -0.496 e. The highest BCUT2D eigenvalue weighted by atomic mass is 32.2. The molecule has 0 bridgehead atoms. The van der Waals surface area contributed by atoms with Gasteiger partial charge in [-0.05, 0) is 55.7 Å². The number of aryl methyl sites for hydroxylation is 1. The molecule has 0 radical (unpaired) electrons. The summed E-state index contributed by atoms with van der Waals surface area (Å²) >= 11 is 1.32. The van der Waals surface area contributed by atoms with Crippen LogP contribution in [0.15, 0.2) is 57.6 Å². The molecule has 36 heavy (non-hydrogen) atoms. The second kappa shape index (κ2) is 10.3. The first kappa shape index (κ1) is 26.3. The fraction of sp³-hybridized carbons (Fsp3) is 0.333. The third kappa shape index (κ3) is 5.46. The van der Waals surface area contributed by atoms with Gasteiger partial charge in [0.2, 0.25) is 15.9 Å². The predicted molar refractivity (Wildman–Crippen MR) is 139 cm³/mol. The van der Waals surface area contributed by atoms with Gasteiger partial charge in [0.25, 0.3) is 0 Å². The summed E-state index contributed by atoms with van der Waals surface area (Å²) in [6.07, 6.45) is 1.63. The SMILES string of the molecule is COc1ccc(-c2csc(NC(=O)C3CCN(S(=O)(=O)c4ccccc4S(C)(=O)=O)CC3)n2)cc1C. The summed E-state index contributed by atoms with van der Waals surface area (Å²) in [7, 11) is -6.12. The standard InChI is InChI=1S/C24H27N3O6S3/c1-16-14-18(8-9-20(16)33-2)19-15-34-24(25-19)26-23(28)17-10-12-27(13-11-17)36(31,32)22-7-5-4-6-21(22)35(3,29)30/h4-9,14-15,17H,10-13H2,1-3H3,(H,25,26,28). The Balaban J connectivity index is 1.40. The van der Waals surface area contributed by atoms with Crippen LogP contribution in [0.5, 0.6) is 5.75 Å². The Hall–Kier alpha value is -2.80. The summed E-state index contributed by atoms with van der Waals surface area (Å²) in [5.41, 5.74) is 2.64. The number of sulfone groups is 1. The molecule has 1 saturated heterocycles. The molecule has 1 aromatic heterocycles. The minimum absolute atomic E-state index is 0.118. The molecule has 0 spiro atoms. The van der Waals surface area contributed by atoms with Crippen molar-refractivity contribution in [2.24, 2.45) is 5.92 Å². The van der Waals surface area contributed by atoms with Gasteiger partial charge >= 0.3 is 0 Å². The molecular weight excluding hydrogens is 522 g/mol. The van der Waals surface area contributed by atoms with Crippen molar-refractivity contribution in [3.8, 4) is 17.0 Å². The van der Waals surface area contributed by atoms with Gasteiger partial charge in [0.05, 0.1) is 17.7 Å². The van der Waals surface area contributed by atoms with Gasteiger partial charge in [0.15, 0.2) is 15.0 Å². The van der Waals surface area contributed by atoms with Crippen LogP contribution in [0, 0.1) is 12.8 Å². The lowest BCUT2D eigenvalue weighted by molar-refractivity contribution is -0.120. The number of nitrogens with zero attached hydrogens (tertiary/aromatic N) is 2. The number of sulfonamides is 1. The number of hydrogen-bond donors (Lipinski definition) is 1. The number of rotatable bonds is 7. The largest absolute Gasteiger partial charge is 0.496 e. The number of anilines is 1. The Morgan fingerprint density at radius 3 is 2.36 bits per heavy atom. The molecule has 0 atom stereocenters. The van der Waals surface area contributed by atoms with Gasteiger partial charge in [-0.3, -0.25) is 4.79 Å². The van der Waals surface area contributed by atoms with Crippen LogP contribution in [0.4, 0.5) is 5.13 Å². The Bertz CT molecular complexity index is 1490. The van der Waals surface area contributed by atoms with Crippen LogP contribution in [0.25, 0.3) is 11.3 Å². The number of nitrogens with one attached hydrogen (secondary N) is 1. The highest BCUT2D eigenvalue weighted by molar-refractivity contribution is 7.93. The molecule has 0 aliphatic carbocycles. The first-order chi connectivity index (χ1) is 17.0. The zero-order chi connectivity index (χ0) is 26.1. The second-order valence-electron chi connectivity index (χ2n) is 8.61. The van der Waals surface area contributed by atoms with E-state index in [1.807, 2.05) is 30.5 Å². The number of carbonyl (C=O) groups excluding carboxylic acids is 1. The smallest absolute Gasteiger partial charge is 0.244 e. The third-order valence-electron chi connectivity index (χ3n) is 6.12. The summed E-state index contributed by atoms with van der Waals surface area (Å²) in [5.74, 6) is 0.197. The van der Waals surface area contributed by atoms with E-state index < -0.39 is 19.9 Å². The maximum absolute atomic E-state index is 13.2. The molecule has 12 heteroatoms. The summed E-state index contributed by atoms with van der Waals surface area (Å²) in [4.78, 5) is 16.9. The van der Waals surface area contributed by atoms with Crippen molar-refractivity contribution in [3.63, 3.8) is 0 Å². The van der Waals surface area contributed by atoms with Crippen molar-refractivity contribution >= 4 is 42.2 Å². The third-order valence-corrected chi connectivity index (χ3v) is 10.1. The number of methoxy groups -OCH3 is 1. The fourth-order valence-electron chi connectivity index (χ4n) is 4.18. The highest BCUT2D eigenvalue weighted by Crippen LogP contribution is 2.31. The number of aromatic nitrogens is 1. The van der Waals surface area contributed by atoms with Gasteiger partial charge in [-0.25, -0.2) is 21.8 Å². The number of hydrogen-bond acceptors (Lipinski definition) is 8. The molecule has 1 fully saturated rings. The molecule has 0 saturated carbocycles. The summed E-state index contributed by atoms with van der Waals surface area (Å²) < 4.78 is 57.1. The van der Waals surface area contributed by atoms with E-state index in [4.69, 9.17) is 4.74 Å². The van der Waals surface area contributed by atoms with Crippen molar-refractivity contribution in [1.82, 2.24) is 9.29 Å². The molecule has 1 aliphatic rings. The van der Waals surface area contributed by atoms with Crippen molar-refractivity contribution in [2.75, 3.05) is 31.8 Å². The van der Waals surface area contributed by atoms with Gasteiger partial charge in [-0.1, -0.05) is 12.1 Å². The maximum Gasteiger partial charge on any atom is 0.244 e. The topological polar surface area (TPSA) is 123 Å². The second-order valence-corrected chi connectivity index (χ2v) is 13.4. The molecule has 9 nitrogen and oxygen atoms in total. The van der Waals surface area contributed by atoms with Crippen molar-refractivity contribution in [1.29, 1.82) is 0 Å². The zero-order valence-corrected chi connectivity index (χ0v) is 22.5. The molecule has 0 unspecified atom stereocenters. The fourth-order valence-corrected chi connectivity index (χ4v) is 7.97. The van der Waals surface area contributed by atoms with E-state index in [1.54, 1.807) is 7.11 Å². The first-order valence-electron chi connectivity index (χ1n) is 11.2. The number of benzene rings is 2. The van der Waals surface area contributed by atoms with Crippen molar-refractivity contribution < 1.29 is 26.4 Å². The van der Waals surface area contributed by atoms with Crippen LogP contribution >= 0.6 is 11.3 Å². The maximum atomic E-state index is 13.2. The molecule has 3 aromatic rings. The molecule has 2 aromatic carbocycles. The van der Waals surface area contributed by atoms with Gasteiger partial charge in [-0.15, -0.1) is 11.3 Å².